The molecule has 1 heterocycles. The number of alkyl halides is 2. The van der Waals surface area contributed by atoms with Crippen molar-refractivity contribution in [3.63, 3.8) is 0 Å². The van der Waals surface area contributed by atoms with Crippen LogP contribution in [0.2, 0.25) is 0 Å². The Morgan fingerprint density at radius 3 is 2.54 bits per heavy atom. The van der Waals surface area contributed by atoms with Gasteiger partial charge in [-0.3, -0.25) is 4.79 Å². The predicted molar refractivity (Wildman–Crippen MR) is 101 cm³/mol. The number of carbonyl (C=O) groups excluding carboxylic acids is 1. The van der Waals surface area contributed by atoms with Gasteiger partial charge >= 0.3 is 6.61 Å². The van der Waals surface area contributed by atoms with Gasteiger partial charge in [0.15, 0.2) is 16.7 Å². The molecule has 1 amide bonds. The summed E-state index contributed by atoms with van der Waals surface area (Å²) in [5.41, 5.74) is 0.740. The molecule has 1 aromatic heterocycles. The minimum Gasteiger partial charge on any atom is -0.493 e. The molecule has 6 nitrogen and oxygen atoms in total. The molecule has 0 saturated carbocycles. The molecule has 0 aliphatic rings. The number of anilines is 1. The Kier molecular flexibility index (Phi) is 6.15. The molecule has 3 aromatic rings. The monoisotopic (exact) mass is 405 g/mol. The number of hydrogen-bond donors (Lipinski definition) is 1. The summed E-state index contributed by atoms with van der Waals surface area (Å²) in [6.45, 7) is -3.02. The van der Waals surface area contributed by atoms with Crippen LogP contribution in [0.1, 0.15) is 10.4 Å². The summed E-state index contributed by atoms with van der Waals surface area (Å²) < 4.78 is 36.3. The lowest BCUT2D eigenvalue weighted by Gasteiger charge is -2.12. The second-order valence-corrected chi connectivity index (χ2v) is 6.69. The molecule has 146 valence electrons. The molecular weight excluding hydrogens is 388 g/mol. The third-order valence-electron chi connectivity index (χ3n) is 3.74. The van der Waals surface area contributed by atoms with Crippen LogP contribution >= 0.6 is 11.8 Å². The average Bonchev–Trinajstić information content (AvgIpc) is 3.07. The van der Waals surface area contributed by atoms with Crippen molar-refractivity contribution in [2.75, 3.05) is 12.4 Å². The van der Waals surface area contributed by atoms with Gasteiger partial charge in [-0.15, -0.1) is 0 Å². The largest absolute Gasteiger partial charge is 0.493 e. The van der Waals surface area contributed by atoms with E-state index in [1.54, 1.807) is 18.3 Å². The Morgan fingerprint density at radius 1 is 1.18 bits per heavy atom. The zero-order valence-electron chi connectivity index (χ0n) is 15.1. The van der Waals surface area contributed by atoms with E-state index in [-0.39, 0.29) is 17.1 Å². The van der Waals surface area contributed by atoms with E-state index >= 15 is 0 Å². The van der Waals surface area contributed by atoms with Crippen LogP contribution in [0.5, 0.6) is 11.5 Å². The number of aromatic nitrogens is 2. The number of halogens is 2. The topological polar surface area (TPSA) is 65.4 Å². The van der Waals surface area contributed by atoms with Crippen LogP contribution in [-0.4, -0.2) is 29.2 Å². The lowest BCUT2D eigenvalue weighted by Crippen LogP contribution is -2.12. The van der Waals surface area contributed by atoms with Gasteiger partial charge < -0.3 is 19.4 Å². The molecule has 0 fully saturated rings. The van der Waals surface area contributed by atoms with Crippen molar-refractivity contribution in [1.82, 2.24) is 9.55 Å². The van der Waals surface area contributed by atoms with Gasteiger partial charge in [0.25, 0.3) is 5.91 Å². The van der Waals surface area contributed by atoms with Crippen LogP contribution in [0.3, 0.4) is 0 Å². The van der Waals surface area contributed by atoms with E-state index in [1.807, 2.05) is 29.9 Å². The number of nitrogens with zero attached hydrogens (tertiary/aromatic N) is 2. The van der Waals surface area contributed by atoms with Gasteiger partial charge in [-0.2, -0.15) is 8.78 Å². The first kappa shape index (κ1) is 19.7. The molecule has 0 bridgehead atoms. The molecule has 0 radical (unpaired) electrons. The highest BCUT2D eigenvalue weighted by Crippen LogP contribution is 2.30. The van der Waals surface area contributed by atoms with Crippen molar-refractivity contribution in [1.29, 1.82) is 0 Å². The fraction of sp³-hybridized carbons (Fsp3) is 0.158. The summed E-state index contributed by atoms with van der Waals surface area (Å²) in [6, 6.07) is 11.3. The first-order valence-corrected chi connectivity index (χ1v) is 8.97. The van der Waals surface area contributed by atoms with Gasteiger partial charge in [0.05, 0.1) is 7.11 Å². The minimum atomic E-state index is -3.02. The second kappa shape index (κ2) is 8.75. The predicted octanol–water partition coefficient (Wildman–Crippen LogP) is 4.43. The molecule has 28 heavy (non-hydrogen) atoms. The number of carbonyl (C=O) groups is 1. The quantitative estimate of drug-likeness (QED) is 0.630. The summed E-state index contributed by atoms with van der Waals surface area (Å²) in [4.78, 5) is 17.6. The maximum absolute atomic E-state index is 12.5. The molecule has 3 rings (SSSR count). The number of hydrogen-bond acceptors (Lipinski definition) is 5. The number of methoxy groups -OCH3 is 1. The number of ether oxygens (including phenoxy) is 2. The van der Waals surface area contributed by atoms with Crippen LogP contribution in [0.4, 0.5) is 14.5 Å². The van der Waals surface area contributed by atoms with Gasteiger partial charge in [-0.1, -0.05) is 11.8 Å². The standard InChI is InChI=1S/C19H17F2N3O3S/c1-24-10-9-22-19(24)28-14-6-4-13(5-7-14)23-17(25)12-3-8-15(26-2)16(11-12)27-18(20)21/h3-11,18H,1-2H3,(H,23,25). The number of rotatable bonds is 7. The second-order valence-electron chi connectivity index (χ2n) is 5.65. The lowest BCUT2D eigenvalue weighted by atomic mass is 10.2. The molecule has 0 saturated heterocycles. The fourth-order valence-electron chi connectivity index (χ4n) is 2.37. The van der Waals surface area contributed by atoms with E-state index in [1.165, 1.54) is 37.1 Å². The Labute approximate surface area is 164 Å². The van der Waals surface area contributed by atoms with Crippen LogP contribution in [0, 0.1) is 0 Å². The first-order chi connectivity index (χ1) is 13.5. The van der Waals surface area contributed by atoms with Crippen LogP contribution in [0.25, 0.3) is 0 Å². The Morgan fingerprint density at radius 2 is 1.93 bits per heavy atom. The Balaban J connectivity index is 1.69. The van der Waals surface area contributed by atoms with Crippen LogP contribution in [-0.2, 0) is 7.05 Å². The third kappa shape index (κ3) is 4.80. The highest BCUT2D eigenvalue weighted by Gasteiger charge is 2.15. The smallest absolute Gasteiger partial charge is 0.387 e. The minimum absolute atomic E-state index is 0.118. The van der Waals surface area contributed by atoms with E-state index < -0.39 is 12.5 Å². The third-order valence-corrected chi connectivity index (χ3v) is 4.82. The molecule has 0 unspecified atom stereocenters. The molecule has 0 atom stereocenters. The number of imidazole rings is 1. The van der Waals surface area contributed by atoms with E-state index in [2.05, 4.69) is 15.0 Å². The molecule has 2 aromatic carbocycles. The molecular formula is C19H17F2N3O3S. The van der Waals surface area contributed by atoms with Crippen molar-refractivity contribution in [2.45, 2.75) is 16.7 Å². The van der Waals surface area contributed by atoms with Crippen molar-refractivity contribution >= 4 is 23.4 Å². The Bertz CT molecular complexity index is 961. The zero-order chi connectivity index (χ0) is 20.1. The Hall–Kier alpha value is -3.07. The summed E-state index contributed by atoms with van der Waals surface area (Å²) >= 11 is 1.49. The van der Waals surface area contributed by atoms with Gasteiger partial charge in [-0.25, -0.2) is 4.98 Å². The maximum atomic E-state index is 12.5. The highest BCUT2D eigenvalue weighted by atomic mass is 32.2. The number of benzene rings is 2. The van der Waals surface area contributed by atoms with Gasteiger partial charge in [0.1, 0.15) is 0 Å². The van der Waals surface area contributed by atoms with Gasteiger partial charge in [-0.05, 0) is 42.5 Å². The van der Waals surface area contributed by atoms with E-state index in [9.17, 15) is 13.6 Å². The SMILES string of the molecule is COc1ccc(C(=O)Nc2ccc(Sc3nccn3C)cc2)cc1OC(F)F. The molecule has 0 spiro atoms. The first-order valence-electron chi connectivity index (χ1n) is 8.15. The normalized spacial score (nSPS) is 10.8. The number of amides is 1. The zero-order valence-corrected chi connectivity index (χ0v) is 15.9. The van der Waals surface area contributed by atoms with E-state index in [0.29, 0.717) is 5.69 Å². The maximum Gasteiger partial charge on any atom is 0.387 e. The number of nitrogens with one attached hydrogen (secondary N) is 1. The van der Waals surface area contributed by atoms with Crippen LogP contribution in [0.15, 0.2) is 64.9 Å². The number of aryl methyl sites for hydroxylation is 1. The summed E-state index contributed by atoms with van der Waals surface area (Å²) in [7, 11) is 3.24. The van der Waals surface area contributed by atoms with Crippen LogP contribution < -0.4 is 14.8 Å². The fourth-order valence-corrected chi connectivity index (χ4v) is 3.17. The average molecular weight is 405 g/mol. The van der Waals surface area contributed by atoms with Crippen molar-refractivity contribution in [2.24, 2.45) is 7.05 Å². The molecule has 1 N–H and O–H groups in total. The summed E-state index contributed by atoms with van der Waals surface area (Å²) in [6.07, 6.45) is 3.58. The molecule has 9 heteroatoms. The lowest BCUT2D eigenvalue weighted by molar-refractivity contribution is -0.0512. The van der Waals surface area contributed by atoms with Gasteiger partial charge in [0.2, 0.25) is 0 Å². The summed E-state index contributed by atoms with van der Waals surface area (Å²) in [5.74, 6) is -0.536. The van der Waals surface area contributed by atoms with Crippen molar-refractivity contribution in [3.05, 3.63) is 60.4 Å². The highest BCUT2D eigenvalue weighted by molar-refractivity contribution is 7.99. The molecule has 0 aliphatic carbocycles. The molecule has 0 aliphatic heterocycles. The summed E-state index contributed by atoms with van der Waals surface area (Å²) in [5, 5.41) is 3.57. The van der Waals surface area contributed by atoms with Crippen molar-refractivity contribution in [3.8, 4) is 11.5 Å². The van der Waals surface area contributed by atoms with E-state index in [0.717, 1.165) is 10.1 Å². The van der Waals surface area contributed by atoms with E-state index in [4.69, 9.17) is 4.74 Å². The van der Waals surface area contributed by atoms with Gasteiger partial charge in [0, 0.05) is 35.6 Å². The van der Waals surface area contributed by atoms with Crippen molar-refractivity contribution < 1.29 is 23.0 Å².